The van der Waals surface area contributed by atoms with E-state index in [4.69, 9.17) is 16.2 Å². The smallest absolute Gasteiger partial charge is 0.269 e. The number of fused-ring (bicyclic) bond motifs is 1. The number of nitrogens with zero attached hydrogens (tertiary/aromatic N) is 2. The van der Waals surface area contributed by atoms with Gasteiger partial charge in [0.25, 0.3) is 11.8 Å². The summed E-state index contributed by atoms with van der Waals surface area (Å²) < 4.78 is 7.71. The number of hydrogen-bond donors (Lipinski definition) is 2. The van der Waals surface area contributed by atoms with Gasteiger partial charge in [-0.15, -0.1) is 11.3 Å². The molecule has 3 rings (SSSR count). The van der Waals surface area contributed by atoms with E-state index in [9.17, 15) is 9.59 Å². The van der Waals surface area contributed by atoms with Crippen LogP contribution in [0.25, 0.3) is 5.00 Å². The summed E-state index contributed by atoms with van der Waals surface area (Å²) in [7, 11) is 0. The molecule has 7 nitrogen and oxygen atoms in total. The van der Waals surface area contributed by atoms with E-state index in [-0.39, 0.29) is 5.69 Å². The lowest BCUT2D eigenvalue weighted by Crippen LogP contribution is -2.42. The summed E-state index contributed by atoms with van der Waals surface area (Å²) in [5.74, 6) is -1.13. The number of carbonyl (C=O) groups is 2. The number of rotatable bonds is 3. The average molecular weight is 362 g/mol. The molecule has 0 saturated heterocycles. The fourth-order valence-corrected chi connectivity index (χ4v) is 4.82. The van der Waals surface area contributed by atoms with E-state index in [0.717, 1.165) is 10.4 Å². The molecule has 25 heavy (non-hydrogen) atoms. The lowest BCUT2D eigenvalue weighted by molar-refractivity contribution is -0.135. The second-order valence-corrected chi connectivity index (χ2v) is 8.47. The molecule has 2 aromatic rings. The van der Waals surface area contributed by atoms with Crippen LogP contribution < -0.4 is 11.5 Å². The van der Waals surface area contributed by atoms with E-state index >= 15 is 0 Å². The highest BCUT2D eigenvalue weighted by atomic mass is 32.1. The van der Waals surface area contributed by atoms with Crippen LogP contribution in [0.15, 0.2) is 6.20 Å². The Labute approximate surface area is 149 Å². The maximum Gasteiger partial charge on any atom is 0.269 e. The van der Waals surface area contributed by atoms with E-state index in [0.29, 0.717) is 22.5 Å². The molecule has 0 saturated carbocycles. The maximum absolute atomic E-state index is 12.2. The highest BCUT2D eigenvalue weighted by molar-refractivity contribution is 7.15. The van der Waals surface area contributed by atoms with Crippen molar-refractivity contribution in [3.8, 4) is 5.00 Å². The first-order valence-electron chi connectivity index (χ1n) is 7.95. The Morgan fingerprint density at radius 1 is 1.24 bits per heavy atom. The Bertz CT molecular complexity index is 892. The quantitative estimate of drug-likeness (QED) is 0.869. The number of amides is 2. The molecule has 0 aliphatic carbocycles. The lowest BCUT2D eigenvalue weighted by atomic mass is 9.86. The molecule has 0 fully saturated rings. The van der Waals surface area contributed by atoms with E-state index in [1.54, 1.807) is 13.1 Å². The molecular weight excluding hydrogens is 340 g/mol. The Kier molecular flexibility index (Phi) is 3.81. The molecular formula is C17H22N4O3S. The van der Waals surface area contributed by atoms with Crippen molar-refractivity contribution in [2.75, 3.05) is 0 Å². The number of carbonyl (C=O) groups excluding carboxylic acids is 2. The van der Waals surface area contributed by atoms with Crippen molar-refractivity contribution in [2.45, 2.75) is 52.2 Å². The molecule has 8 heteroatoms. The first-order chi connectivity index (χ1) is 11.4. The molecule has 0 spiro atoms. The number of hydrogen-bond acceptors (Lipinski definition) is 5. The van der Waals surface area contributed by atoms with Gasteiger partial charge in [-0.2, -0.15) is 5.10 Å². The Morgan fingerprint density at radius 3 is 2.40 bits per heavy atom. The van der Waals surface area contributed by atoms with Crippen molar-refractivity contribution in [1.82, 2.24) is 9.78 Å². The van der Waals surface area contributed by atoms with Crippen LogP contribution in [0.3, 0.4) is 0 Å². The van der Waals surface area contributed by atoms with Crippen LogP contribution in [0, 0.1) is 6.92 Å². The third-order valence-electron chi connectivity index (χ3n) is 4.25. The number of thiophene rings is 1. The first kappa shape index (κ1) is 17.6. The minimum absolute atomic E-state index is 0.178. The normalized spacial score (nSPS) is 18.0. The van der Waals surface area contributed by atoms with E-state index in [2.05, 4.69) is 5.10 Å². The Balaban J connectivity index is 2.27. The summed E-state index contributed by atoms with van der Waals surface area (Å²) in [4.78, 5) is 24.7. The van der Waals surface area contributed by atoms with E-state index < -0.39 is 23.0 Å². The van der Waals surface area contributed by atoms with Gasteiger partial charge in [-0.1, -0.05) is 0 Å². The molecule has 0 radical (unpaired) electrons. The second kappa shape index (κ2) is 5.40. The monoisotopic (exact) mass is 362 g/mol. The van der Waals surface area contributed by atoms with Gasteiger partial charge >= 0.3 is 0 Å². The van der Waals surface area contributed by atoms with Crippen LogP contribution in [0.5, 0.6) is 0 Å². The van der Waals surface area contributed by atoms with Crippen molar-refractivity contribution in [3.05, 3.63) is 33.5 Å². The highest BCUT2D eigenvalue weighted by Crippen LogP contribution is 2.47. The molecule has 0 bridgehead atoms. The minimum atomic E-state index is -0.608. The van der Waals surface area contributed by atoms with Crippen molar-refractivity contribution in [1.29, 1.82) is 0 Å². The standard InChI is InChI=1S/C17H22N4O3S/c1-8-7-21(20-11(8)14(19)23)15-10(13(18)22)9-6-16(2,3)24-17(4,5)12(9)25-15/h7H,6H2,1-5H3,(H2,18,22)(H2,19,23). The molecule has 2 aromatic heterocycles. The topological polar surface area (TPSA) is 113 Å². The van der Waals surface area contributed by atoms with Crippen LogP contribution in [-0.4, -0.2) is 27.2 Å². The summed E-state index contributed by atoms with van der Waals surface area (Å²) in [6, 6.07) is 0. The Morgan fingerprint density at radius 2 is 1.88 bits per heavy atom. The van der Waals surface area contributed by atoms with Crippen LogP contribution in [-0.2, 0) is 16.8 Å². The summed E-state index contributed by atoms with van der Waals surface area (Å²) in [5.41, 5.74) is 12.2. The van der Waals surface area contributed by atoms with Crippen molar-refractivity contribution < 1.29 is 14.3 Å². The average Bonchev–Trinajstić information content (AvgIpc) is 2.97. The number of ether oxygens (including phenoxy) is 1. The summed E-state index contributed by atoms with van der Waals surface area (Å²) in [6.07, 6.45) is 2.26. The number of aromatic nitrogens is 2. The van der Waals surface area contributed by atoms with Gasteiger partial charge in [-0.25, -0.2) is 4.68 Å². The van der Waals surface area contributed by atoms with Crippen LogP contribution in [0.1, 0.15) is 64.5 Å². The number of nitrogens with two attached hydrogens (primary N) is 2. The van der Waals surface area contributed by atoms with Gasteiger partial charge in [0.2, 0.25) is 0 Å². The zero-order valence-electron chi connectivity index (χ0n) is 15.0. The van der Waals surface area contributed by atoms with E-state index in [1.165, 1.54) is 16.0 Å². The molecule has 1 aliphatic heterocycles. The first-order valence-corrected chi connectivity index (χ1v) is 8.77. The zero-order chi connectivity index (χ0) is 18.7. The van der Waals surface area contributed by atoms with Gasteiger partial charge in [0.05, 0.1) is 16.8 Å². The number of aryl methyl sites for hydroxylation is 1. The Hall–Kier alpha value is -2.19. The van der Waals surface area contributed by atoms with Gasteiger partial charge < -0.3 is 16.2 Å². The largest absolute Gasteiger partial charge is 0.365 e. The number of primary amides is 2. The molecule has 4 N–H and O–H groups in total. The van der Waals surface area contributed by atoms with Crippen molar-refractivity contribution >= 4 is 23.2 Å². The predicted octanol–water partition coefficient (Wildman–Crippen LogP) is 2.03. The molecule has 3 heterocycles. The van der Waals surface area contributed by atoms with Crippen molar-refractivity contribution in [3.63, 3.8) is 0 Å². The van der Waals surface area contributed by atoms with Crippen LogP contribution in [0.2, 0.25) is 0 Å². The van der Waals surface area contributed by atoms with E-state index in [1.807, 2.05) is 27.7 Å². The molecule has 0 unspecified atom stereocenters. The fraction of sp³-hybridized carbons (Fsp3) is 0.471. The zero-order valence-corrected chi connectivity index (χ0v) is 15.8. The SMILES string of the molecule is Cc1cn(-c2sc3c(c2C(N)=O)CC(C)(C)OC3(C)C)nc1C(N)=O. The lowest BCUT2D eigenvalue weighted by Gasteiger charge is -2.41. The highest BCUT2D eigenvalue weighted by Gasteiger charge is 2.43. The molecule has 1 aliphatic rings. The fourth-order valence-electron chi connectivity index (χ4n) is 3.53. The molecule has 2 amide bonds. The van der Waals surface area contributed by atoms with Crippen molar-refractivity contribution in [2.24, 2.45) is 11.5 Å². The minimum Gasteiger partial charge on any atom is -0.365 e. The predicted molar refractivity (Wildman–Crippen MR) is 95.1 cm³/mol. The van der Waals surface area contributed by atoms with Gasteiger partial charge in [0.1, 0.15) is 5.00 Å². The van der Waals surface area contributed by atoms with Gasteiger partial charge in [0.15, 0.2) is 5.69 Å². The third kappa shape index (κ3) is 2.85. The molecule has 0 aromatic carbocycles. The van der Waals surface area contributed by atoms with Gasteiger partial charge in [-0.05, 0) is 40.2 Å². The molecule has 0 atom stereocenters. The third-order valence-corrected chi connectivity index (χ3v) is 5.78. The van der Waals surface area contributed by atoms with Crippen LogP contribution >= 0.6 is 11.3 Å². The summed E-state index contributed by atoms with van der Waals surface area (Å²) >= 11 is 1.41. The van der Waals surface area contributed by atoms with Gasteiger partial charge in [-0.3, -0.25) is 9.59 Å². The summed E-state index contributed by atoms with van der Waals surface area (Å²) in [6.45, 7) is 9.67. The van der Waals surface area contributed by atoms with Gasteiger partial charge in [0, 0.05) is 23.1 Å². The maximum atomic E-state index is 12.2. The van der Waals surface area contributed by atoms with Crippen LogP contribution in [0.4, 0.5) is 0 Å². The summed E-state index contributed by atoms with van der Waals surface area (Å²) in [5, 5.41) is 4.84. The second-order valence-electron chi connectivity index (χ2n) is 7.47. The molecule has 134 valence electrons.